The molecule has 0 fully saturated rings. The molecule has 0 spiro atoms. The van der Waals surface area contributed by atoms with Crippen LogP contribution in [0.1, 0.15) is 15.9 Å². The summed E-state index contributed by atoms with van der Waals surface area (Å²) in [5, 5.41) is 2.98. The first kappa shape index (κ1) is 18.1. The molecule has 3 rings (SSSR count). The van der Waals surface area contributed by atoms with Crippen LogP contribution < -0.4 is 14.8 Å². The summed E-state index contributed by atoms with van der Waals surface area (Å²) < 4.78 is 15.7. The monoisotopic (exact) mass is 375 g/mol. The van der Waals surface area contributed by atoms with E-state index in [1.165, 1.54) is 13.2 Å². The van der Waals surface area contributed by atoms with E-state index < -0.39 is 17.9 Å². The van der Waals surface area contributed by atoms with Crippen LogP contribution in [0.15, 0.2) is 42.5 Å². The van der Waals surface area contributed by atoms with Crippen molar-refractivity contribution < 1.29 is 23.8 Å². The topological polar surface area (TPSA) is 73.9 Å². The van der Waals surface area contributed by atoms with E-state index in [-0.39, 0.29) is 10.6 Å². The molecule has 7 heteroatoms. The Bertz CT molecular complexity index is 809. The average molecular weight is 376 g/mol. The van der Waals surface area contributed by atoms with Crippen molar-refractivity contribution in [2.45, 2.75) is 12.5 Å². The van der Waals surface area contributed by atoms with Gasteiger partial charge < -0.3 is 19.5 Å². The zero-order chi connectivity index (χ0) is 18.5. The van der Waals surface area contributed by atoms with Gasteiger partial charge in [-0.2, -0.15) is 0 Å². The fourth-order valence-corrected chi connectivity index (χ4v) is 2.93. The zero-order valence-corrected chi connectivity index (χ0v) is 14.9. The number of carbonyl (C=O) groups is 2. The molecule has 0 aliphatic carbocycles. The number of rotatable bonds is 5. The number of carbonyl (C=O) groups excluding carboxylic acids is 2. The largest absolute Gasteiger partial charge is 0.486 e. The molecule has 0 saturated carbocycles. The van der Waals surface area contributed by atoms with Crippen LogP contribution in [0.5, 0.6) is 11.5 Å². The molecule has 2 aromatic rings. The quantitative estimate of drug-likeness (QED) is 0.813. The third kappa shape index (κ3) is 4.08. The highest BCUT2D eigenvalue weighted by atomic mass is 35.5. The lowest BCUT2D eigenvalue weighted by molar-refractivity contribution is -0.142. The fourth-order valence-electron chi connectivity index (χ4n) is 2.67. The van der Waals surface area contributed by atoms with Crippen LogP contribution in [0.3, 0.4) is 0 Å². The van der Waals surface area contributed by atoms with Crippen LogP contribution >= 0.6 is 11.6 Å². The summed E-state index contributed by atoms with van der Waals surface area (Å²) >= 11 is 6.17. The van der Waals surface area contributed by atoms with Gasteiger partial charge >= 0.3 is 5.97 Å². The second-order valence-electron chi connectivity index (χ2n) is 5.72. The van der Waals surface area contributed by atoms with E-state index in [0.29, 0.717) is 31.1 Å². The minimum Gasteiger partial charge on any atom is -0.486 e. The van der Waals surface area contributed by atoms with Gasteiger partial charge in [-0.25, -0.2) is 4.79 Å². The Hall–Kier alpha value is -2.73. The van der Waals surface area contributed by atoms with Gasteiger partial charge in [-0.05, 0) is 17.7 Å². The number of ether oxygens (including phenoxy) is 3. The summed E-state index contributed by atoms with van der Waals surface area (Å²) in [7, 11) is 1.29. The maximum Gasteiger partial charge on any atom is 0.328 e. The highest BCUT2D eigenvalue weighted by Crippen LogP contribution is 2.38. The van der Waals surface area contributed by atoms with Crippen molar-refractivity contribution in [2.75, 3.05) is 20.3 Å². The Morgan fingerprint density at radius 3 is 2.65 bits per heavy atom. The number of nitrogens with one attached hydrogen (secondary N) is 1. The van der Waals surface area contributed by atoms with E-state index in [4.69, 9.17) is 25.8 Å². The number of amides is 1. The van der Waals surface area contributed by atoms with Gasteiger partial charge in [-0.1, -0.05) is 41.9 Å². The van der Waals surface area contributed by atoms with Crippen molar-refractivity contribution in [1.82, 2.24) is 5.32 Å². The Morgan fingerprint density at radius 1 is 1.19 bits per heavy atom. The smallest absolute Gasteiger partial charge is 0.328 e. The fraction of sp³-hybridized carbons (Fsp3) is 0.263. The number of fused-ring (bicyclic) bond motifs is 1. The van der Waals surface area contributed by atoms with Gasteiger partial charge in [0, 0.05) is 12.0 Å². The maximum atomic E-state index is 12.6. The summed E-state index contributed by atoms with van der Waals surface area (Å²) in [6, 6.07) is 11.6. The molecule has 1 amide bonds. The van der Waals surface area contributed by atoms with Gasteiger partial charge in [0.15, 0.2) is 11.5 Å². The summed E-state index contributed by atoms with van der Waals surface area (Å²) in [6.07, 6.45) is 0.317. The summed E-state index contributed by atoms with van der Waals surface area (Å²) in [4.78, 5) is 24.7. The first-order valence-corrected chi connectivity index (χ1v) is 8.48. The molecule has 0 aromatic heterocycles. The van der Waals surface area contributed by atoms with Gasteiger partial charge in [-0.15, -0.1) is 0 Å². The van der Waals surface area contributed by atoms with E-state index in [1.54, 1.807) is 6.07 Å². The standard InChI is InChI=1S/C19H18ClNO5/c1-24-19(23)15(9-12-5-3-2-4-6-12)21-18(22)13-10-14(20)17-16(11-13)25-7-8-26-17/h2-6,10-11,15H,7-9H2,1H3,(H,21,22). The molecule has 136 valence electrons. The van der Waals surface area contributed by atoms with Gasteiger partial charge in [-0.3, -0.25) is 4.79 Å². The Kier molecular flexibility index (Phi) is 5.63. The predicted octanol–water partition coefficient (Wildman–Crippen LogP) is 2.63. The van der Waals surface area contributed by atoms with Crippen LogP contribution in [0.4, 0.5) is 0 Å². The minimum absolute atomic E-state index is 0.279. The van der Waals surface area contributed by atoms with Crippen molar-refractivity contribution in [3.8, 4) is 11.5 Å². The van der Waals surface area contributed by atoms with Crippen molar-refractivity contribution in [1.29, 1.82) is 0 Å². The zero-order valence-electron chi connectivity index (χ0n) is 14.2. The number of methoxy groups -OCH3 is 1. The summed E-state index contributed by atoms with van der Waals surface area (Å²) in [5.41, 5.74) is 1.18. The highest BCUT2D eigenvalue weighted by molar-refractivity contribution is 6.32. The number of esters is 1. The summed E-state index contributed by atoms with van der Waals surface area (Å²) in [6.45, 7) is 0.785. The molecule has 0 radical (unpaired) electrons. The van der Waals surface area contributed by atoms with Gasteiger partial charge in [0.05, 0.1) is 12.1 Å². The molecule has 2 aromatic carbocycles. The predicted molar refractivity (Wildman–Crippen MR) is 95.9 cm³/mol. The lowest BCUT2D eigenvalue weighted by Gasteiger charge is -2.21. The number of benzene rings is 2. The van der Waals surface area contributed by atoms with Gasteiger partial charge in [0.1, 0.15) is 19.3 Å². The van der Waals surface area contributed by atoms with Crippen LogP contribution in [0, 0.1) is 0 Å². The minimum atomic E-state index is -0.818. The number of hydrogen-bond donors (Lipinski definition) is 1. The van der Waals surface area contributed by atoms with E-state index in [9.17, 15) is 9.59 Å². The first-order valence-electron chi connectivity index (χ1n) is 8.10. The third-order valence-corrected chi connectivity index (χ3v) is 4.21. The molecule has 0 bridgehead atoms. The molecular weight excluding hydrogens is 358 g/mol. The third-order valence-electron chi connectivity index (χ3n) is 3.93. The molecule has 1 aliphatic heterocycles. The van der Waals surface area contributed by atoms with Crippen molar-refractivity contribution >= 4 is 23.5 Å². The summed E-state index contributed by atoms with van der Waals surface area (Å²) in [5.74, 6) is -0.143. The Labute approximate surface area is 156 Å². The Balaban J connectivity index is 1.79. The second-order valence-corrected chi connectivity index (χ2v) is 6.13. The highest BCUT2D eigenvalue weighted by Gasteiger charge is 2.25. The van der Waals surface area contributed by atoms with Crippen LogP contribution in [0.25, 0.3) is 0 Å². The average Bonchev–Trinajstić information content (AvgIpc) is 2.67. The van der Waals surface area contributed by atoms with Gasteiger partial charge in [0.2, 0.25) is 0 Å². The van der Waals surface area contributed by atoms with Crippen LogP contribution in [-0.4, -0.2) is 38.2 Å². The van der Waals surface area contributed by atoms with Crippen LogP contribution in [-0.2, 0) is 16.0 Å². The lowest BCUT2D eigenvalue weighted by atomic mass is 10.1. The van der Waals surface area contributed by atoms with Gasteiger partial charge in [0.25, 0.3) is 5.91 Å². The lowest BCUT2D eigenvalue weighted by Crippen LogP contribution is -2.43. The molecule has 1 N–H and O–H groups in total. The van der Waals surface area contributed by atoms with E-state index in [1.807, 2.05) is 30.3 Å². The van der Waals surface area contributed by atoms with Crippen molar-refractivity contribution in [3.05, 3.63) is 58.6 Å². The van der Waals surface area contributed by atoms with Crippen molar-refractivity contribution in [3.63, 3.8) is 0 Å². The molecular formula is C19H18ClNO5. The van der Waals surface area contributed by atoms with E-state index in [2.05, 4.69) is 5.32 Å². The second kappa shape index (κ2) is 8.10. The molecule has 0 saturated heterocycles. The SMILES string of the molecule is COC(=O)C(Cc1ccccc1)NC(=O)c1cc(Cl)c2c(c1)OCCO2. The molecule has 6 nitrogen and oxygen atoms in total. The van der Waals surface area contributed by atoms with E-state index >= 15 is 0 Å². The van der Waals surface area contributed by atoms with E-state index in [0.717, 1.165) is 5.56 Å². The molecule has 26 heavy (non-hydrogen) atoms. The van der Waals surface area contributed by atoms with Crippen LogP contribution in [0.2, 0.25) is 5.02 Å². The Morgan fingerprint density at radius 2 is 1.92 bits per heavy atom. The van der Waals surface area contributed by atoms with Crippen molar-refractivity contribution in [2.24, 2.45) is 0 Å². The number of hydrogen-bond acceptors (Lipinski definition) is 5. The maximum absolute atomic E-state index is 12.6. The molecule has 1 aliphatic rings. The first-order chi connectivity index (χ1) is 12.6. The molecule has 1 unspecified atom stereocenters. The normalized spacial score (nSPS) is 13.6. The number of halogens is 1. The molecule has 1 atom stereocenters. The molecule has 1 heterocycles.